The van der Waals surface area contributed by atoms with E-state index in [9.17, 15) is 4.79 Å². The van der Waals surface area contributed by atoms with Gasteiger partial charge in [-0.3, -0.25) is 14.4 Å². The molecule has 1 aliphatic heterocycles. The molecule has 4 nitrogen and oxygen atoms in total. The fourth-order valence-electron chi connectivity index (χ4n) is 2.38. The quantitative estimate of drug-likeness (QED) is 0.685. The van der Waals surface area contributed by atoms with Crippen molar-refractivity contribution in [3.8, 4) is 0 Å². The second-order valence-corrected chi connectivity index (χ2v) is 4.47. The molecule has 4 heteroatoms. The molecule has 1 aromatic rings. The summed E-state index contributed by atoms with van der Waals surface area (Å²) in [5.41, 5.74) is 1.51. The Kier molecular flexibility index (Phi) is 2.19. The van der Waals surface area contributed by atoms with E-state index in [-0.39, 0.29) is 0 Å². The van der Waals surface area contributed by atoms with E-state index < -0.39 is 5.54 Å². The highest BCUT2D eigenvalue weighted by atomic mass is 16.1. The van der Waals surface area contributed by atoms with Gasteiger partial charge >= 0.3 is 0 Å². The Morgan fingerprint density at radius 2 is 2.13 bits per heavy atom. The van der Waals surface area contributed by atoms with E-state index in [0.717, 1.165) is 17.8 Å². The minimum Gasteiger partial charge on any atom is -0.297 e. The highest BCUT2D eigenvalue weighted by molar-refractivity contribution is 5.91. The number of likely N-dealkylation sites (N-methyl/N-ethyl adjacent to an activating group) is 1. The number of rotatable bonds is 1. The van der Waals surface area contributed by atoms with Crippen LogP contribution in [0.25, 0.3) is 0 Å². The summed E-state index contributed by atoms with van der Waals surface area (Å²) >= 11 is 0. The highest BCUT2D eigenvalue weighted by Gasteiger charge is 2.45. The third-order valence-electron chi connectivity index (χ3n) is 3.52. The molecule has 2 rings (SSSR count). The summed E-state index contributed by atoms with van der Waals surface area (Å²) in [6, 6.07) is 0. The molecule has 0 radical (unpaired) electrons. The van der Waals surface area contributed by atoms with Crippen molar-refractivity contribution in [3.63, 3.8) is 0 Å². The number of aromatic nitrogens is 2. The Bertz CT molecular complexity index is 410. The first-order valence-corrected chi connectivity index (χ1v) is 5.21. The Hall–Kier alpha value is -1.16. The largest absolute Gasteiger partial charge is 0.297 e. The van der Waals surface area contributed by atoms with Crippen LogP contribution < -0.4 is 0 Å². The van der Waals surface area contributed by atoms with Crippen molar-refractivity contribution in [2.45, 2.75) is 25.8 Å². The highest BCUT2D eigenvalue weighted by Crippen LogP contribution is 2.35. The van der Waals surface area contributed by atoms with Crippen LogP contribution in [-0.4, -0.2) is 34.1 Å². The molecule has 1 atom stereocenters. The van der Waals surface area contributed by atoms with Gasteiger partial charge in [0.2, 0.25) is 0 Å². The average Bonchev–Trinajstić information content (AvgIpc) is 2.62. The van der Waals surface area contributed by atoms with Gasteiger partial charge in [0.25, 0.3) is 0 Å². The summed E-state index contributed by atoms with van der Waals surface area (Å²) in [6.45, 7) is 4.79. The molecule has 15 heavy (non-hydrogen) atoms. The zero-order valence-electron chi connectivity index (χ0n) is 9.74. The van der Waals surface area contributed by atoms with E-state index in [2.05, 4.69) is 10.00 Å². The lowest BCUT2D eigenvalue weighted by molar-refractivity contribution is -0.124. The predicted molar refractivity (Wildman–Crippen MR) is 57.6 cm³/mol. The minimum absolute atomic E-state index is 0.293. The summed E-state index contributed by atoms with van der Waals surface area (Å²) < 4.78 is 1.77. The standard InChI is InChI=1S/C11H17N3O/c1-8-9(7-14(4)12-8)11(2)10(15)5-6-13(11)3/h7H,5-6H2,1-4H3. The van der Waals surface area contributed by atoms with Gasteiger partial charge in [-0.2, -0.15) is 5.10 Å². The van der Waals surface area contributed by atoms with Crippen LogP contribution in [0.3, 0.4) is 0 Å². The first-order valence-electron chi connectivity index (χ1n) is 5.21. The Balaban J connectivity index is 2.53. The van der Waals surface area contributed by atoms with Gasteiger partial charge in [-0.15, -0.1) is 0 Å². The summed E-state index contributed by atoms with van der Waals surface area (Å²) in [5, 5.41) is 4.31. The second-order valence-electron chi connectivity index (χ2n) is 4.47. The zero-order chi connectivity index (χ0) is 11.2. The number of nitrogens with zero attached hydrogens (tertiary/aromatic N) is 3. The molecule has 1 aromatic heterocycles. The molecular weight excluding hydrogens is 190 g/mol. The van der Waals surface area contributed by atoms with Gasteiger partial charge in [0.05, 0.1) is 5.69 Å². The van der Waals surface area contributed by atoms with E-state index in [0.29, 0.717) is 12.2 Å². The van der Waals surface area contributed by atoms with E-state index in [4.69, 9.17) is 0 Å². The van der Waals surface area contributed by atoms with Crippen molar-refractivity contribution in [1.82, 2.24) is 14.7 Å². The van der Waals surface area contributed by atoms with Gasteiger partial charge in [-0.25, -0.2) is 0 Å². The van der Waals surface area contributed by atoms with Crippen molar-refractivity contribution in [3.05, 3.63) is 17.5 Å². The van der Waals surface area contributed by atoms with Gasteiger partial charge < -0.3 is 0 Å². The van der Waals surface area contributed by atoms with E-state index in [1.807, 2.05) is 34.1 Å². The number of Topliss-reactive ketones (excluding diaryl/α,β-unsaturated/α-hetero) is 1. The van der Waals surface area contributed by atoms with Crippen LogP contribution in [0.1, 0.15) is 24.6 Å². The Morgan fingerprint density at radius 1 is 1.47 bits per heavy atom. The van der Waals surface area contributed by atoms with Crippen LogP contribution in [0, 0.1) is 6.92 Å². The fourth-order valence-corrected chi connectivity index (χ4v) is 2.38. The maximum Gasteiger partial charge on any atom is 0.158 e. The lowest BCUT2D eigenvalue weighted by atomic mass is 9.89. The zero-order valence-corrected chi connectivity index (χ0v) is 9.74. The first kappa shape index (κ1) is 10.4. The predicted octanol–water partition coefficient (Wildman–Crippen LogP) is 0.848. The normalized spacial score (nSPS) is 27.6. The van der Waals surface area contributed by atoms with Crippen LogP contribution in [0.4, 0.5) is 0 Å². The van der Waals surface area contributed by atoms with Crippen LogP contribution in [0.15, 0.2) is 6.20 Å². The molecule has 0 spiro atoms. The molecule has 0 amide bonds. The summed E-state index contributed by atoms with van der Waals surface area (Å²) in [4.78, 5) is 14.1. The third kappa shape index (κ3) is 1.32. The summed E-state index contributed by atoms with van der Waals surface area (Å²) in [5.74, 6) is 0.293. The number of carbonyl (C=O) groups is 1. The molecule has 0 aliphatic carbocycles. The van der Waals surface area contributed by atoms with Crippen molar-refractivity contribution in [2.75, 3.05) is 13.6 Å². The minimum atomic E-state index is -0.474. The molecule has 2 heterocycles. The first-order chi connectivity index (χ1) is 6.96. The number of carbonyl (C=O) groups excluding carboxylic acids is 1. The number of hydrogen-bond donors (Lipinski definition) is 0. The van der Waals surface area contributed by atoms with Crippen molar-refractivity contribution < 1.29 is 4.79 Å². The fraction of sp³-hybridized carbons (Fsp3) is 0.636. The van der Waals surface area contributed by atoms with Gasteiger partial charge in [0, 0.05) is 31.8 Å². The molecule has 0 N–H and O–H groups in total. The van der Waals surface area contributed by atoms with Gasteiger partial charge in [0.15, 0.2) is 5.78 Å². The number of hydrogen-bond acceptors (Lipinski definition) is 3. The number of ketones is 1. The van der Waals surface area contributed by atoms with Crippen molar-refractivity contribution in [2.24, 2.45) is 7.05 Å². The Labute approximate surface area is 89.9 Å². The van der Waals surface area contributed by atoms with E-state index in [1.165, 1.54) is 0 Å². The molecule has 1 saturated heterocycles. The third-order valence-corrected chi connectivity index (χ3v) is 3.52. The van der Waals surface area contributed by atoms with E-state index in [1.54, 1.807) is 4.68 Å². The van der Waals surface area contributed by atoms with Gasteiger partial charge in [-0.05, 0) is 20.9 Å². The summed E-state index contributed by atoms with van der Waals surface area (Å²) in [6.07, 6.45) is 2.59. The van der Waals surface area contributed by atoms with Crippen LogP contribution in [0.5, 0.6) is 0 Å². The Morgan fingerprint density at radius 3 is 2.53 bits per heavy atom. The second kappa shape index (κ2) is 3.17. The number of aryl methyl sites for hydroxylation is 2. The maximum absolute atomic E-state index is 12.0. The molecular formula is C11H17N3O. The monoisotopic (exact) mass is 207 g/mol. The molecule has 1 fully saturated rings. The lowest BCUT2D eigenvalue weighted by Gasteiger charge is -2.30. The lowest BCUT2D eigenvalue weighted by Crippen LogP contribution is -2.40. The molecule has 82 valence electrons. The smallest absolute Gasteiger partial charge is 0.158 e. The topological polar surface area (TPSA) is 38.1 Å². The molecule has 0 bridgehead atoms. The van der Waals surface area contributed by atoms with Crippen LogP contribution in [-0.2, 0) is 17.4 Å². The van der Waals surface area contributed by atoms with E-state index >= 15 is 0 Å². The van der Waals surface area contributed by atoms with Gasteiger partial charge in [0.1, 0.15) is 5.54 Å². The number of likely N-dealkylation sites (tertiary alicyclic amines) is 1. The van der Waals surface area contributed by atoms with Crippen molar-refractivity contribution in [1.29, 1.82) is 0 Å². The maximum atomic E-state index is 12.0. The van der Waals surface area contributed by atoms with Crippen molar-refractivity contribution >= 4 is 5.78 Å². The average molecular weight is 207 g/mol. The van der Waals surface area contributed by atoms with Gasteiger partial charge in [-0.1, -0.05) is 0 Å². The molecule has 1 unspecified atom stereocenters. The SMILES string of the molecule is Cc1nn(C)cc1C1(C)C(=O)CCN1C. The molecule has 1 aliphatic rings. The van der Waals surface area contributed by atoms with Crippen LogP contribution >= 0.6 is 0 Å². The molecule has 0 aromatic carbocycles. The molecule has 0 saturated carbocycles. The van der Waals surface area contributed by atoms with Crippen LogP contribution in [0.2, 0.25) is 0 Å². The summed E-state index contributed by atoms with van der Waals surface area (Å²) in [7, 11) is 3.89.